The smallest absolute Gasteiger partial charge is 0.407 e. The minimum atomic E-state index is -1.49. The molecule has 21 heteroatoms. The number of aliphatic carboxylic acids is 1. The van der Waals surface area contributed by atoms with Gasteiger partial charge in [-0.15, -0.1) is 0 Å². The number of hydrogen-bond donors (Lipinski definition) is 9. The molecule has 0 saturated carbocycles. The number of ether oxygens (including phenoxy) is 4. The van der Waals surface area contributed by atoms with E-state index in [-0.39, 0.29) is 62.1 Å². The summed E-state index contributed by atoms with van der Waals surface area (Å²) >= 11 is 1.28. The molecule has 1 fully saturated rings. The van der Waals surface area contributed by atoms with Gasteiger partial charge in [-0.25, -0.2) is 9.59 Å². The highest BCUT2D eigenvalue weighted by atomic mass is 32.2. The monoisotopic (exact) mass is 919 g/mol. The van der Waals surface area contributed by atoms with Crippen molar-refractivity contribution in [2.45, 2.75) is 109 Å². The summed E-state index contributed by atoms with van der Waals surface area (Å²) in [7, 11) is 0. The van der Waals surface area contributed by atoms with Gasteiger partial charge in [0, 0.05) is 50.7 Å². The first-order chi connectivity index (χ1) is 30.4. The van der Waals surface area contributed by atoms with Gasteiger partial charge in [-0.3, -0.25) is 24.0 Å². The number of thioether (sulfide) groups is 1. The summed E-state index contributed by atoms with van der Waals surface area (Å²) in [5.74, 6) is -2.95. The van der Waals surface area contributed by atoms with Crippen molar-refractivity contribution in [3.8, 4) is 11.1 Å². The molecule has 354 valence electrons. The van der Waals surface area contributed by atoms with Crippen LogP contribution in [-0.2, 0) is 47.7 Å². The van der Waals surface area contributed by atoms with Crippen LogP contribution in [0, 0.1) is 5.92 Å². The van der Waals surface area contributed by atoms with Crippen LogP contribution in [0.5, 0.6) is 0 Å². The van der Waals surface area contributed by atoms with E-state index >= 15 is 0 Å². The van der Waals surface area contributed by atoms with Gasteiger partial charge in [-0.2, -0.15) is 11.8 Å². The van der Waals surface area contributed by atoms with E-state index in [1.165, 1.54) is 32.5 Å². The number of nitrogens with one attached hydrogen (secondary N) is 4. The molecule has 2 aromatic rings. The molecule has 0 bridgehead atoms. The van der Waals surface area contributed by atoms with Crippen molar-refractivity contribution in [1.29, 1.82) is 0 Å². The minimum absolute atomic E-state index is 0.0460. The zero-order valence-electron chi connectivity index (χ0n) is 36.5. The number of carbonyl (C=O) groups excluding carboxylic acids is 6. The van der Waals surface area contributed by atoms with Gasteiger partial charge in [0.15, 0.2) is 6.29 Å². The second-order valence-electron chi connectivity index (χ2n) is 15.1. The number of amides is 4. The van der Waals surface area contributed by atoms with Crippen LogP contribution in [0.1, 0.15) is 70.9 Å². The number of carboxylic acid groups (broad SMARTS) is 1. The Labute approximate surface area is 375 Å². The van der Waals surface area contributed by atoms with Gasteiger partial charge in [-0.1, -0.05) is 62.4 Å². The second kappa shape index (κ2) is 26.6. The van der Waals surface area contributed by atoms with E-state index in [0.717, 1.165) is 22.3 Å². The number of Topliss-reactive ketones (excluding diaryl/α,β-unsaturated/α-hetero) is 1. The first kappa shape index (κ1) is 53.2. The van der Waals surface area contributed by atoms with Gasteiger partial charge in [0.25, 0.3) is 0 Å². The Hall–Kier alpha value is -5.16. The average molecular weight is 920 g/mol. The third-order valence-corrected chi connectivity index (χ3v) is 11.5. The molecule has 4 rings (SSSR count). The summed E-state index contributed by atoms with van der Waals surface area (Å²) in [4.78, 5) is 82.6. The molecule has 64 heavy (non-hydrogen) atoms. The second-order valence-corrected chi connectivity index (χ2v) is 16.2. The number of carbonyl (C=O) groups is 7. The number of ketones is 1. The summed E-state index contributed by atoms with van der Waals surface area (Å²) in [6, 6.07) is 12.5. The number of esters is 1. The molecule has 6 unspecified atom stereocenters. The standard InChI is InChI=1S/C28H33NO7S.C15H28N4O8/c1-3-19(30)13-18(14-35-26(31)4-2)16-37-17-25(27(32)33)29-28(34)36-15-24-22-11-7-5-9-20(22)21-10-6-8-12-23(21)24;1-6(10(18-7(2)21)14(25)17-5-16)26-15-11(19-8(3)22)13(24)12(23)9(4-20)27-15/h5-12,18,24-25H,3-4,13-17H2,1-2H3,(H,29,34)(H,32,33);6,9-13,15,20,23-24H,4-5,16H2,1-3H3,(H,17,25)(H,18,21)(H,19,22)/t;6-,9-,10?,11?,12?,13?,15-/m.1/s1. The molecule has 1 aliphatic heterocycles. The number of hydrogen-bond acceptors (Lipinski definition) is 16. The normalized spacial score (nSPS) is 20.6. The van der Waals surface area contributed by atoms with Crippen molar-refractivity contribution in [2.75, 3.05) is 38.0 Å². The molecular weight excluding hydrogens is 859 g/mol. The van der Waals surface area contributed by atoms with Gasteiger partial charge in [0.2, 0.25) is 17.7 Å². The highest BCUT2D eigenvalue weighted by molar-refractivity contribution is 7.99. The zero-order chi connectivity index (χ0) is 47.5. The summed E-state index contributed by atoms with van der Waals surface area (Å²) < 4.78 is 21.7. The minimum Gasteiger partial charge on any atom is -0.480 e. The predicted molar refractivity (Wildman–Crippen MR) is 232 cm³/mol. The molecule has 1 saturated heterocycles. The molecule has 10 N–H and O–H groups in total. The topological polar surface area (TPSA) is 311 Å². The zero-order valence-corrected chi connectivity index (χ0v) is 37.3. The molecule has 0 aromatic heterocycles. The van der Waals surface area contributed by atoms with Crippen LogP contribution in [0.15, 0.2) is 48.5 Å². The molecule has 0 spiro atoms. The highest BCUT2D eigenvalue weighted by Crippen LogP contribution is 2.44. The van der Waals surface area contributed by atoms with Crippen LogP contribution in [0.25, 0.3) is 11.1 Å². The fourth-order valence-electron chi connectivity index (χ4n) is 6.96. The number of aliphatic hydroxyl groups excluding tert-OH is 3. The number of benzene rings is 2. The number of rotatable bonds is 22. The largest absolute Gasteiger partial charge is 0.480 e. The molecule has 2 aromatic carbocycles. The van der Waals surface area contributed by atoms with E-state index < -0.39 is 85.2 Å². The first-order valence-electron chi connectivity index (χ1n) is 20.8. The SMILES string of the molecule is CC(=O)NC1C(O)C(O)[C@@H](CO)O[C@H]1O[C@H](C)C(NC(C)=O)C(=O)NCN.CCC(=O)CC(COC(=O)CC)CSCC(NC(=O)OCC1c2ccccc2-c2ccccc21)C(=O)O. The number of nitrogens with two attached hydrogens (primary N) is 1. The summed E-state index contributed by atoms with van der Waals surface area (Å²) in [6.45, 7) is 6.76. The van der Waals surface area contributed by atoms with Crippen molar-refractivity contribution < 1.29 is 72.9 Å². The fourth-order valence-corrected chi connectivity index (χ4v) is 8.10. The van der Waals surface area contributed by atoms with Crippen molar-refractivity contribution >= 4 is 53.3 Å². The van der Waals surface area contributed by atoms with Crippen molar-refractivity contribution in [3.05, 3.63) is 59.7 Å². The molecule has 1 heterocycles. The van der Waals surface area contributed by atoms with Crippen LogP contribution >= 0.6 is 11.8 Å². The summed E-state index contributed by atoms with van der Waals surface area (Å²) in [5.41, 5.74) is 9.63. The highest BCUT2D eigenvalue weighted by Gasteiger charge is 2.46. The van der Waals surface area contributed by atoms with Crippen LogP contribution in [0.2, 0.25) is 0 Å². The van der Waals surface area contributed by atoms with Crippen LogP contribution < -0.4 is 27.0 Å². The Balaban J connectivity index is 0.000000359. The Morgan fingerprint density at radius 3 is 2.02 bits per heavy atom. The predicted octanol–water partition coefficient (Wildman–Crippen LogP) is 0.522. The first-order valence-corrected chi connectivity index (χ1v) is 22.0. The molecular formula is C43H61N5O15S. The van der Waals surface area contributed by atoms with Gasteiger partial charge < -0.3 is 66.4 Å². The van der Waals surface area contributed by atoms with Crippen LogP contribution in [-0.4, -0.2) is 149 Å². The maximum absolute atomic E-state index is 12.5. The van der Waals surface area contributed by atoms with Gasteiger partial charge in [0.05, 0.1) is 26.0 Å². The van der Waals surface area contributed by atoms with Crippen LogP contribution in [0.4, 0.5) is 4.79 Å². The molecule has 9 atom stereocenters. The molecule has 4 amide bonds. The van der Waals surface area contributed by atoms with Gasteiger partial charge >= 0.3 is 18.0 Å². The van der Waals surface area contributed by atoms with Crippen molar-refractivity contribution in [3.63, 3.8) is 0 Å². The summed E-state index contributed by atoms with van der Waals surface area (Å²) in [6.07, 6.45) is -6.33. The van der Waals surface area contributed by atoms with E-state index in [2.05, 4.69) is 21.3 Å². The number of carboxylic acids is 1. The van der Waals surface area contributed by atoms with Crippen molar-refractivity contribution in [2.24, 2.45) is 11.7 Å². The van der Waals surface area contributed by atoms with Crippen LogP contribution in [0.3, 0.4) is 0 Å². The number of aliphatic hydroxyl groups is 3. The summed E-state index contributed by atoms with van der Waals surface area (Å²) in [5, 5.41) is 48.8. The van der Waals surface area contributed by atoms with Crippen molar-refractivity contribution in [1.82, 2.24) is 21.3 Å². The molecule has 1 aliphatic carbocycles. The average Bonchev–Trinajstić information content (AvgIpc) is 3.58. The molecule has 20 nitrogen and oxygen atoms in total. The third kappa shape index (κ3) is 15.8. The lowest BCUT2D eigenvalue weighted by Crippen LogP contribution is -2.66. The molecule has 2 aliphatic rings. The third-order valence-electron chi connectivity index (χ3n) is 10.2. The van der Waals surface area contributed by atoms with Gasteiger partial charge in [-0.05, 0) is 34.9 Å². The Bertz CT molecular complexity index is 1860. The number of fused-ring (bicyclic) bond motifs is 3. The van der Waals surface area contributed by atoms with Gasteiger partial charge in [0.1, 0.15) is 48.8 Å². The van der Waals surface area contributed by atoms with E-state index in [9.17, 15) is 54.0 Å². The lowest BCUT2D eigenvalue weighted by Gasteiger charge is -2.43. The Morgan fingerprint density at radius 1 is 0.859 bits per heavy atom. The number of alkyl carbamates (subject to hydrolysis) is 1. The Morgan fingerprint density at radius 2 is 1.48 bits per heavy atom. The lowest BCUT2D eigenvalue weighted by atomic mass is 9.96. The quantitative estimate of drug-likeness (QED) is 0.0574. The molecule has 0 radical (unpaired) electrons. The maximum Gasteiger partial charge on any atom is 0.407 e. The Kier molecular flexibility index (Phi) is 22.1. The van der Waals surface area contributed by atoms with E-state index in [4.69, 9.17) is 24.7 Å². The van der Waals surface area contributed by atoms with E-state index in [1.807, 2.05) is 48.5 Å². The fraction of sp³-hybridized carbons (Fsp3) is 0.558. The maximum atomic E-state index is 12.5. The van der Waals surface area contributed by atoms with E-state index in [1.54, 1.807) is 13.8 Å². The lowest BCUT2D eigenvalue weighted by molar-refractivity contribution is -0.281. The van der Waals surface area contributed by atoms with E-state index in [0.29, 0.717) is 12.2 Å².